The molecule has 4 aromatic carbocycles. The van der Waals surface area contributed by atoms with Crippen molar-refractivity contribution in [2.24, 2.45) is 5.92 Å². The summed E-state index contributed by atoms with van der Waals surface area (Å²) in [5.41, 5.74) is 9.48. The molecule has 0 saturated heterocycles. The Labute approximate surface area is 262 Å². The van der Waals surface area contributed by atoms with Gasteiger partial charge in [-0.1, -0.05) is 73.7 Å². The van der Waals surface area contributed by atoms with E-state index in [2.05, 4.69) is 46.1 Å². The van der Waals surface area contributed by atoms with Crippen LogP contribution in [0.1, 0.15) is 25.0 Å². The summed E-state index contributed by atoms with van der Waals surface area (Å²) in [7, 11) is -3.31. The fourth-order valence-electron chi connectivity index (χ4n) is 5.66. The Bertz CT molecular complexity index is 1990. The fourth-order valence-corrected chi connectivity index (χ4v) is 7.93. The summed E-state index contributed by atoms with van der Waals surface area (Å²) in [5, 5.41) is 4.49. The number of benzene rings is 4. The van der Waals surface area contributed by atoms with Crippen molar-refractivity contribution in [3.05, 3.63) is 103 Å². The number of nitrogens with two attached hydrogens (primary N) is 1. The van der Waals surface area contributed by atoms with Gasteiger partial charge in [0.25, 0.3) is 7.37 Å². The number of anilines is 1. The third kappa shape index (κ3) is 7.17. The largest absolute Gasteiger partial charge is 0.441 e. The molecule has 2 aromatic heterocycles. The second kappa shape index (κ2) is 13.4. The first-order valence-electron chi connectivity index (χ1n) is 15.1. The Morgan fingerprint density at radius 2 is 1.67 bits per heavy atom. The number of nitrogens with zero attached hydrogens (tertiary/aromatic N) is 4. The zero-order valence-corrected chi connectivity index (χ0v) is 26.7. The van der Waals surface area contributed by atoms with Crippen LogP contribution < -0.4 is 10.3 Å². The quantitative estimate of drug-likeness (QED) is 0.131. The van der Waals surface area contributed by atoms with Crippen LogP contribution in [-0.4, -0.2) is 44.7 Å². The van der Waals surface area contributed by atoms with Crippen molar-refractivity contribution in [3.63, 3.8) is 0 Å². The minimum atomic E-state index is -3.31. The van der Waals surface area contributed by atoms with E-state index in [4.69, 9.17) is 19.7 Å². The average Bonchev–Trinajstić information content (AvgIpc) is 3.44. The van der Waals surface area contributed by atoms with Gasteiger partial charge in [0.15, 0.2) is 11.5 Å². The maximum atomic E-state index is 14.5. The van der Waals surface area contributed by atoms with Gasteiger partial charge in [-0.05, 0) is 64.6 Å². The lowest BCUT2D eigenvalue weighted by molar-refractivity contribution is 0.0804. The maximum absolute atomic E-state index is 14.5. The standard InChI is InChI=1S/C35H38N5O4P/c1-24(18-42-19-32-25(2)12-13-28-9-6-7-11-31(28)32)20-45(41,44-30-15-14-27-8-4-5-10-29(27)16-30)23-43-26(3)17-40-22-39-33-34(36)37-21-38-35(33)40/h4-16,21-22,24,26H,17-20,23H2,1-3H3,(H2,36,37,38)/t24?,26-,45?/m1/s1. The van der Waals surface area contributed by atoms with Gasteiger partial charge in [0, 0.05) is 6.16 Å². The van der Waals surface area contributed by atoms with E-state index in [-0.39, 0.29) is 18.4 Å². The Hall–Kier alpha value is -4.30. The molecule has 0 amide bonds. The Morgan fingerprint density at radius 1 is 0.911 bits per heavy atom. The Balaban J connectivity index is 1.15. The number of imidazole rings is 1. The van der Waals surface area contributed by atoms with Crippen molar-refractivity contribution >= 4 is 45.9 Å². The molecule has 0 aliphatic carbocycles. The highest BCUT2D eigenvalue weighted by molar-refractivity contribution is 7.59. The third-order valence-corrected chi connectivity index (χ3v) is 10.2. The van der Waals surface area contributed by atoms with E-state index < -0.39 is 7.37 Å². The normalized spacial score (nSPS) is 14.5. The summed E-state index contributed by atoms with van der Waals surface area (Å²) in [4.78, 5) is 12.7. The highest BCUT2D eigenvalue weighted by Crippen LogP contribution is 2.49. The predicted molar refractivity (Wildman–Crippen MR) is 180 cm³/mol. The van der Waals surface area contributed by atoms with Gasteiger partial charge < -0.3 is 24.3 Å². The van der Waals surface area contributed by atoms with Crippen molar-refractivity contribution < 1.29 is 18.6 Å². The van der Waals surface area contributed by atoms with E-state index in [1.54, 1.807) is 6.33 Å². The van der Waals surface area contributed by atoms with E-state index in [1.165, 1.54) is 28.2 Å². The second-order valence-corrected chi connectivity index (χ2v) is 14.2. The summed E-state index contributed by atoms with van der Waals surface area (Å²) >= 11 is 0. The van der Waals surface area contributed by atoms with Gasteiger partial charge >= 0.3 is 0 Å². The number of rotatable bonds is 13. The first kappa shape index (κ1) is 30.7. The average molecular weight is 624 g/mol. The van der Waals surface area contributed by atoms with Crippen LogP contribution in [0.15, 0.2) is 91.5 Å². The first-order chi connectivity index (χ1) is 21.8. The van der Waals surface area contributed by atoms with E-state index in [9.17, 15) is 4.57 Å². The van der Waals surface area contributed by atoms with Crippen molar-refractivity contribution in [2.45, 2.75) is 40.0 Å². The lowest BCUT2D eigenvalue weighted by Gasteiger charge is -2.25. The summed E-state index contributed by atoms with van der Waals surface area (Å²) < 4.78 is 35.1. The molecule has 0 fully saturated rings. The first-order valence-corrected chi connectivity index (χ1v) is 17.1. The lowest BCUT2D eigenvalue weighted by atomic mass is 10.0. The molecule has 10 heteroatoms. The van der Waals surface area contributed by atoms with Gasteiger partial charge in [-0.3, -0.25) is 4.57 Å². The molecule has 3 atom stereocenters. The molecule has 232 valence electrons. The molecule has 2 N–H and O–H groups in total. The zero-order chi connectivity index (χ0) is 31.4. The lowest BCUT2D eigenvalue weighted by Crippen LogP contribution is -2.21. The number of ether oxygens (including phenoxy) is 2. The summed E-state index contributed by atoms with van der Waals surface area (Å²) in [5.74, 6) is 0.843. The number of fused-ring (bicyclic) bond motifs is 3. The van der Waals surface area contributed by atoms with Crippen molar-refractivity contribution in [2.75, 3.05) is 24.9 Å². The molecule has 0 bridgehead atoms. The third-order valence-electron chi connectivity index (χ3n) is 7.95. The van der Waals surface area contributed by atoms with Crippen LogP contribution in [0, 0.1) is 12.8 Å². The molecule has 2 unspecified atom stereocenters. The molecule has 0 aliphatic rings. The molecule has 0 saturated carbocycles. The molecule has 0 aliphatic heterocycles. The van der Waals surface area contributed by atoms with E-state index >= 15 is 0 Å². The van der Waals surface area contributed by atoms with Crippen LogP contribution in [0.5, 0.6) is 5.75 Å². The van der Waals surface area contributed by atoms with Gasteiger partial charge in [-0.25, -0.2) is 15.0 Å². The molecular weight excluding hydrogens is 585 g/mol. The molecular formula is C35H38N5O4P. The molecule has 2 heterocycles. The van der Waals surface area contributed by atoms with E-state index in [0.717, 1.165) is 10.8 Å². The highest BCUT2D eigenvalue weighted by atomic mass is 31.2. The number of aromatic nitrogens is 4. The number of hydrogen-bond acceptors (Lipinski definition) is 8. The van der Waals surface area contributed by atoms with Gasteiger partial charge in [0.1, 0.15) is 23.9 Å². The molecule has 9 nitrogen and oxygen atoms in total. The smallest absolute Gasteiger partial charge is 0.273 e. The van der Waals surface area contributed by atoms with Gasteiger partial charge in [-0.15, -0.1) is 0 Å². The fraction of sp³-hybridized carbons (Fsp3) is 0.286. The minimum absolute atomic E-state index is 0.0391. The summed E-state index contributed by atoms with van der Waals surface area (Å²) in [6, 6.07) is 26.4. The van der Waals surface area contributed by atoms with Crippen molar-refractivity contribution in [1.29, 1.82) is 0 Å². The Morgan fingerprint density at radius 3 is 2.51 bits per heavy atom. The topological polar surface area (TPSA) is 114 Å². The van der Waals surface area contributed by atoms with Crippen LogP contribution in [0.2, 0.25) is 0 Å². The summed E-state index contributed by atoms with van der Waals surface area (Å²) in [6.45, 7) is 7.44. The predicted octanol–water partition coefficient (Wildman–Crippen LogP) is 7.60. The van der Waals surface area contributed by atoms with Crippen molar-refractivity contribution in [1.82, 2.24) is 19.5 Å². The van der Waals surface area contributed by atoms with Gasteiger partial charge in [-0.2, -0.15) is 0 Å². The Kier molecular flexibility index (Phi) is 9.12. The minimum Gasteiger partial charge on any atom is -0.441 e. The van der Waals surface area contributed by atoms with E-state index in [0.29, 0.717) is 48.7 Å². The zero-order valence-electron chi connectivity index (χ0n) is 25.8. The van der Waals surface area contributed by atoms with Crippen LogP contribution in [0.25, 0.3) is 32.7 Å². The van der Waals surface area contributed by atoms with Crippen LogP contribution in [0.3, 0.4) is 0 Å². The maximum Gasteiger partial charge on any atom is 0.273 e. The monoisotopic (exact) mass is 623 g/mol. The highest BCUT2D eigenvalue weighted by Gasteiger charge is 2.29. The second-order valence-electron chi connectivity index (χ2n) is 11.7. The molecule has 0 radical (unpaired) electrons. The number of aryl methyl sites for hydroxylation is 1. The molecule has 0 spiro atoms. The SMILES string of the molecule is Cc1ccc2ccccc2c1COCC(C)CP(=O)(CO[C@H](C)Cn1cnc2c(N)ncnc21)Oc1ccc2ccccc2c1. The molecule has 45 heavy (non-hydrogen) atoms. The molecule has 6 rings (SSSR count). The van der Waals surface area contributed by atoms with Gasteiger partial charge in [0.05, 0.1) is 32.2 Å². The number of hydrogen-bond donors (Lipinski definition) is 1. The van der Waals surface area contributed by atoms with Gasteiger partial charge in [0.2, 0.25) is 0 Å². The van der Waals surface area contributed by atoms with Crippen LogP contribution in [0.4, 0.5) is 5.82 Å². The van der Waals surface area contributed by atoms with Crippen LogP contribution >= 0.6 is 7.37 Å². The van der Waals surface area contributed by atoms with E-state index in [1.807, 2.05) is 73.0 Å². The molecule has 6 aromatic rings. The summed E-state index contributed by atoms with van der Waals surface area (Å²) in [6.07, 6.45) is 3.04. The van der Waals surface area contributed by atoms with Crippen molar-refractivity contribution in [3.8, 4) is 5.75 Å². The van der Waals surface area contributed by atoms with Crippen LogP contribution in [-0.2, 0) is 27.2 Å². The number of nitrogen functional groups attached to an aromatic ring is 1.